The van der Waals surface area contributed by atoms with Crippen molar-refractivity contribution in [1.82, 2.24) is 5.32 Å². The molecule has 1 heterocycles. The molecule has 1 aliphatic rings. The van der Waals surface area contributed by atoms with Gasteiger partial charge in [-0.3, -0.25) is 0 Å². The van der Waals surface area contributed by atoms with Crippen molar-refractivity contribution >= 4 is 6.09 Å². The summed E-state index contributed by atoms with van der Waals surface area (Å²) >= 11 is 0. The molecule has 1 atom stereocenters. The summed E-state index contributed by atoms with van der Waals surface area (Å²) in [6.45, 7) is 4.10. The van der Waals surface area contributed by atoms with Gasteiger partial charge in [-0.15, -0.1) is 0 Å². The molecule has 5 heteroatoms. The van der Waals surface area contributed by atoms with Crippen LogP contribution in [0.5, 0.6) is 11.5 Å². The van der Waals surface area contributed by atoms with Gasteiger partial charge in [0.15, 0.2) is 11.5 Å². The average Bonchev–Trinajstić information content (AvgIpc) is 2.26. The molecule has 1 saturated heterocycles. The van der Waals surface area contributed by atoms with Crippen LogP contribution in [0.3, 0.4) is 0 Å². The molecule has 1 aromatic carbocycles. The van der Waals surface area contributed by atoms with Crippen molar-refractivity contribution in [3.63, 3.8) is 0 Å². The van der Waals surface area contributed by atoms with Crippen LogP contribution in [0.15, 0.2) is 18.2 Å². The highest BCUT2D eigenvalue weighted by Gasteiger charge is 2.39. The van der Waals surface area contributed by atoms with Crippen LogP contribution in [0.25, 0.3) is 0 Å². The number of amides is 1. The molecule has 1 fully saturated rings. The van der Waals surface area contributed by atoms with E-state index < -0.39 is 12.1 Å². The van der Waals surface area contributed by atoms with Crippen molar-refractivity contribution in [3.05, 3.63) is 23.8 Å². The lowest BCUT2D eigenvalue weighted by atomic mass is 9.80. The van der Waals surface area contributed by atoms with Gasteiger partial charge in [0.25, 0.3) is 0 Å². The predicted molar refractivity (Wildman–Crippen MR) is 60.8 cm³/mol. The van der Waals surface area contributed by atoms with Gasteiger partial charge in [-0.1, -0.05) is 26.0 Å². The number of aromatic hydroxyl groups is 2. The molecule has 5 nitrogen and oxygen atoms in total. The molecule has 92 valence electrons. The van der Waals surface area contributed by atoms with Crippen LogP contribution in [0.1, 0.15) is 25.5 Å². The van der Waals surface area contributed by atoms with Crippen LogP contribution in [0.2, 0.25) is 0 Å². The first-order valence-corrected chi connectivity index (χ1v) is 5.36. The zero-order valence-electron chi connectivity index (χ0n) is 9.73. The van der Waals surface area contributed by atoms with Gasteiger partial charge in [-0.2, -0.15) is 0 Å². The Balaban J connectivity index is 2.43. The number of carbonyl (C=O) groups is 1. The van der Waals surface area contributed by atoms with Crippen LogP contribution < -0.4 is 5.32 Å². The number of rotatable bonds is 1. The number of nitrogens with one attached hydrogen (secondary N) is 1. The first kappa shape index (κ1) is 11.6. The average molecular weight is 237 g/mol. The van der Waals surface area contributed by atoms with E-state index in [2.05, 4.69) is 5.32 Å². The molecule has 1 aromatic rings. The maximum Gasteiger partial charge on any atom is 0.407 e. The van der Waals surface area contributed by atoms with E-state index in [1.54, 1.807) is 12.1 Å². The second-order valence-corrected chi connectivity index (χ2v) is 4.86. The van der Waals surface area contributed by atoms with Crippen LogP contribution >= 0.6 is 0 Å². The minimum absolute atomic E-state index is 0.195. The van der Waals surface area contributed by atoms with Gasteiger partial charge in [-0.25, -0.2) is 4.79 Å². The van der Waals surface area contributed by atoms with Crippen molar-refractivity contribution in [1.29, 1.82) is 0 Å². The smallest absolute Gasteiger partial charge is 0.407 e. The Bertz CT molecular complexity index is 456. The number of alkyl carbamates (subject to hydrolysis) is 1. The van der Waals surface area contributed by atoms with E-state index in [1.165, 1.54) is 6.07 Å². The van der Waals surface area contributed by atoms with Crippen molar-refractivity contribution in [3.8, 4) is 11.5 Å². The van der Waals surface area contributed by atoms with Crippen LogP contribution in [0.4, 0.5) is 4.79 Å². The van der Waals surface area contributed by atoms with E-state index in [0.29, 0.717) is 5.56 Å². The summed E-state index contributed by atoms with van der Waals surface area (Å²) in [6, 6.07) is 4.30. The third kappa shape index (κ3) is 2.00. The Morgan fingerprint density at radius 1 is 1.41 bits per heavy atom. The molecule has 17 heavy (non-hydrogen) atoms. The summed E-state index contributed by atoms with van der Waals surface area (Å²) in [6.07, 6.45) is -0.517. The lowest BCUT2D eigenvalue weighted by Gasteiger charge is -2.38. The molecule has 0 unspecified atom stereocenters. The molecule has 0 spiro atoms. The van der Waals surface area contributed by atoms with Crippen LogP contribution in [0, 0.1) is 5.41 Å². The molecule has 1 amide bonds. The largest absolute Gasteiger partial charge is 0.504 e. The summed E-state index contributed by atoms with van der Waals surface area (Å²) in [5.41, 5.74) is 0.130. The number of carbonyl (C=O) groups excluding carboxylic acids is 1. The fourth-order valence-corrected chi connectivity index (χ4v) is 1.97. The summed E-state index contributed by atoms with van der Waals surface area (Å²) in [5, 5.41) is 22.0. The summed E-state index contributed by atoms with van der Waals surface area (Å²) in [4.78, 5) is 11.3. The fourth-order valence-electron chi connectivity index (χ4n) is 1.97. The molecular formula is C12H15NO4. The maximum atomic E-state index is 11.3. The Morgan fingerprint density at radius 3 is 2.82 bits per heavy atom. The second kappa shape index (κ2) is 3.84. The molecule has 0 aromatic heterocycles. The van der Waals surface area contributed by atoms with Gasteiger partial charge in [0, 0.05) is 11.0 Å². The quantitative estimate of drug-likeness (QED) is 0.652. The molecule has 0 saturated carbocycles. The van der Waals surface area contributed by atoms with Gasteiger partial charge in [0.1, 0.15) is 6.61 Å². The second-order valence-electron chi connectivity index (χ2n) is 4.86. The predicted octanol–water partition coefficient (Wildman–Crippen LogP) is 1.90. The highest BCUT2D eigenvalue weighted by atomic mass is 16.6. The Labute approximate surface area is 99.0 Å². The monoisotopic (exact) mass is 237 g/mol. The number of para-hydroxylation sites is 1. The topological polar surface area (TPSA) is 78.8 Å². The Kier molecular flexibility index (Phi) is 2.61. The van der Waals surface area contributed by atoms with E-state index in [9.17, 15) is 15.0 Å². The van der Waals surface area contributed by atoms with Crippen molar-refractivity contribution in [2.45, 2.75) is 19.9 Å². The summed E-state index contributed by atoms with van der Waals surface area (Å²) < 4.78 is 4.92. The number of ether oxygens (including phenoxy) is 1. The molecule has 3 N–H and O–H groups in total. The molecule has 2 rings (SSSR count). The first-order chi connectivity index (χ1) is 7.92. The maximum absolute atomic E-state index is 11.3. The van der Waals surface area contributed by atoms with Crippen LogP contribution in [-0.2, 0) is 4.74 Å². The number of hydrogen-bond acceptors (Lipinski definition) is 4. The number of hydrogen-bond donors (Lipinski definition) is 3. The van der Waals surface area contributed by atoms with E-state index in [4.69, 9.17) is 4.74 Å². The summed E-state index contributed by atoms with van der Waals surface area (Å²) in [5.74, 6) is -0.396. The lowest BCUT2D eigenvalue weighted by molar-refractivity contribution is 0.0380. The molecule has 0 bridgehead atoms. The van der Waals surface area contributed by atoms with Gasteiger partial charge in [0.05, 0.1) is 6.04 Å². The number of cyclic esters (lactones) is 1. The SMILES string of the molecule is CC1(C)COC(=O)N[C@H]1c1cccc(O)c1O. The third-order valence-corrected chi connectivity index (χ3v) is 2.98. The first-order valence-electron chi connectivity index (χ1n) is 5.36. The van der Waals surface area contributed by atoms with E-state index >= 15 is 0 Å². The van der Waals surface area contributed by atoms with E-state index in [0.717, 1.165) is 0 Å². The van der Waals surface area contributed by atoms with E-state index in [1.807, 2.05) is 13.8 Å². The van der Waals surface area contributed by atoms with Crippen molar-refractivity contribution in [2.75, 3.05) is 6.61 Å². The highest BCUT2D eigenvalue weighted by Crippen LogP contribution is 2.42. The minimum Gasteiger partial charge on any atom is -0.504 e. The molecule has 0 radical (unpaired) electrons. The van der Waals surface area contributed by atoms with Gasteiger partial charge < -0.3 is 20.3 Å². The zero-order chi connectivity index (χ0) is 12.6. The minimum atomic E-state index is -0.517. The third-order valence-electron chi connectivity index (χ3n) is 2.98. The van der Waals surface area contributed by atoms with E-state index in [-0.39, 0.29) is 23.5 Å². The summed E-state index contributed by atoms with van der Waals surface area (Å²) in [7, 11) is 0. The van der Waals surface area contributed by atoms with Crippen molar-refractivity contribution in [2.24, 2.45) is 5.41 Å². The van der Waals surface area contributed by atoms with Crippen LogP contribution in [-0.4, -0.2) is 22.9 Å². The van der Waals surface area contributed by atoms with Gasteiger partial charge >= 0.3 is 6.09 Å². The van der Waals surface area contributed by atoms with Gasteiger partial charge in [0.2, 0.25) is 0 Å². The Hall–Kier alpha value is -1.91. The zero-order valence-corrected chi connectivity index (χ0v) is 9.73. The fraction of sp³-hybridized carbons (Fsp3) is 0.417. The lowest BCUT2D eigenvalue weighted by Crippen LogP contribution is -2.46. The Morgan fingerprint density at radius 2 is 2.12 bits per heavy atom. The standard InChI is InChI=1S/C12H15NO4/c1-12(2)6-17-11(16)13-10(12)7-4-3-5-8(14)9(7)15/h3-5,10,14-15H,6H2,1-2H3,(H,13,16)/t10-/m0/s1. The molecule has 0 aliphatic carbocycles. The molecular weight excluding hydrogens is 222 g/mol. The van der Waals surface area contributed by atoms with Crippen molar-refractivity contribution < 1.29 is 19.7 Å². The highest BCUT2D eigenvalue weighted by molar-refractivity contribution is 5.69. The number of phenols is 2. The van der Waals surface area contributed by atoms with Gasteiger partial charge in [-0.05, 0) is 6.07 Å². The number of benzene rings is 1. The normalized spacial score (nSPS) is 22.7. The molecule has 1 aliphatic heterocycles. The number of phenolic OH excluding ortho intramolecular Hbond substituents is 2.